The topological polar surface area (TPSA) is 98.3 Å². The Kier molecular flexibility index (Phi) is 4.65. The Morgan fingerprint density at radius 3 is 2.67 bits per heavy atom. The second kappa shape index (κ2) is 6.98. The van der Waals surface area contributed by atoms with Crippen LogP contribution >= 0.6 is 11.6 Å². The van der Waals surface area contributed by atoms with E-state index in [1.54, 1.807) is 0 Å². The molecule has 0 bridgehead atoms. The van der Waals surface area contributed by atoms with Gasteiger partial charge in [-0.05, 0) is 30.5 Å². The van der Waals surface area contributed by atoms with Crippen LogP contribution in [0.15, 0.2) is 30.5 Å². The molecule has 7 nitrogen and oxygen atoms in total. The lowest BCUT2D eigenvalue weighted by atomic mass is 9.77. The van der Waals surface area contributed by atoms with Crippen LogP contribution in [-0.2, 0) is 16.1 Å². The molecule has 1 atom stereocenters. The van der Waals surface area contributed by atoms with E-state index in [0.29, 0.717) is 17.9 Å². The third-order valence-corrected chi connectivity index (χ3v) is 5.99. The number of hydrogen-bond donors (Lipinski definition) is 3. The highest BCUT2D eigenvalue weighted by Gasteiger charge is 2.51. The highest BCUT2D eigenvalue weighted by molar-refractivity contribution is 6.30. The molecule has 1 unspecified atom stereocenters. The molecule has 2 fully saturated rings. The number of nitrogens with one attached hydrogen (secondary N) is 2. The summed E-state index contributed by atoms with van der Waals surface area (Å²) in [5.41, 5.74) is 2.46. The summed E-state index contributed by atoms with van der Waals surface area (Å²) in [5.74, 6) is -1.68. The molecule has 2 saturated heterocycles. The molecule has 1 amide bonds. The monoisotopic (exact) mass is 388 g/mol. The average molecular weight is 389 g/mol. The van der Waals surface area contributed by atoms with Crippen molar-refractivity contribution in [3.8, 4) is 11.3 Å². The highest BCUT2D eigenvalue weighted by Crippen LogP contribution is 2.37. The molecule has 3 N–H and O–H groups in total. The lowest BCUT2D eigenvalue weighted by Crippen LogP contribution is -2.55. The smallest absolute Gasteiger partial charge is 0.309 e. The maximum atomic E-state index is 11.8. The van der Waals surface area contributed by atoms with Crippen LogP contribution in [0.4, 0.5) is 0 Å². The Balaban J connectivity index is 1.45. The number of hydrogen-bond acceptors (Lipinski definition) is 4. The second-order valence-electron chi connectivity index (χ2n) is 7.35. The van der Waals surface area contributed by atoms with Crippen molar-refractivity contribution in [3.63, 3.8) is 0 Å². The molecule has 4 rings (SSSR count). The van der Waals surface area contributed by atoms with Crippen LogP contribution in [0.5, 0.6) is 0 Å². The number of carboxylic acid groups (broad SMARTS) is 1. The molecule has 27 heavy (non-hydrogen) atoms. The predicted octanol–water partition coefficient (Wildman–Crippen LogP) is 2.29. The Hall–Kier alpha value is -2.38. The van der Waals surface area contributed by atoms with Crippen molar-refractivity contribution in [2.75, 3.05) is 13.1 Å². The van der Waals surface area contributed by atoms with Gasteiger partial charge >= 0.3 is 5.97 Å². The second-order valence-corrected chi connectivity index (χ2v) is 7.79. The molecular formula is C19H21ClN4O3. The maximum absolute atomic E-state index is 11.8. The first-order valence-corrected chi connectivity index (χ1v) is 9.39. The Morgan fingerprint density at radius 1 is 1.30 bits per heavy atom. The zero-order valence-electron chi connectivity index (χ0n) is 14.7. The third-order valence-electron chi connectivity index (χ3n) is 5.74. The van der Waals surface area contributed by atoms with E-state index in [1.807, 2.05) is 30.5 Å². The van der Waals surface area contributed by atoms with Gasteiger partial charge in [-0.25, -0.2) is 0 Å². The van der Waals surface area contributed by atoms with Gasteiger partial charge in [0.25, 0.3) is 0 Å². The highest BCUT2D eigenvalue weighted by atomic mass is 35.5. The third kappa shape index (κ3) is 3.44. The fourth-order valence-electron chi connectivity index (χ4n) is 4.24. The molecule has 2 aliphatic heterocycles. The van der Waals surface area contributed by atoms with Gasteiger partial charge in [-0.1, -0.05) is 23.7 Å². The fourth-order valence-corrected chi connectivity index (χ4v) is 4.37. The summed E-state index contributed by atoms with van der Waals surface area (Å²) in [4.78, 5) is 25.6. The zero-order valence-corrected chi connectivity index (χ0v) is 15.5. The number of carboxylic acids is 1. The van der Waals surface area contributed by atoms with Gasteiger partial charge in [0.1, 0.15) is 0 Å². The predicted molar refractivity (Wildman–Crippen MR) is 100 cm³/mol. The molecule has 142 valence electrons. The van der Waals surface area contributed by atoms with Crippen LogP contribution in [0.2, 0.25) is 5.02 Å². The largest absolute Gasteiger partial charge is 0.481 e. The first-order chi connectivity index (χ1) is 13.0. The number of halogens is 1. The van der Waals surface area contributed by atoms with E-state index < -0.39 is 17.4 Å². The van der Waals surface area contributed by atoms with Gasteiger partial charge in [0, 0.05) is 36.6 Å². The van der Waals surface area contributed by atoms with Crippen molar-refractivity contribution in [2.24, 2.45) is 5.92 Å². The van der Waals surface area contributed by atoms with Crippen LogP contribution in [0, 0.1) is 5.92 Å². The Bertz CT molecular complexity index is 856. The van der Waals surface area contributed by atoms with Gasteiger partial charge in [0.15, 0.2) is 0 Å². The minimum absolute atomic E-state index is 0.0811. The summed E-state index contributed by atoms with van der Waals surface area (Å²) >= 11 is 5.97. The van der Waals surface area contributed by atoms with Crippen LogP contribution in [-0.4, -0.2) is 50.7 Å². The number of likely N-dealkylation sites (tertiary alicyclic amines) is 1. The van der Waals surface area contributed by atoms with E-state index in [-0.39, 0.29) is 12.3 Å². The molecule has 0 radical (unpaired) electrons. The summed E-state index contributed by atoms with van der Waals surface area (Å²) in [6, 6.07) is 7.61. The van der Waals surface area contributed by atoms with E-state index in [4.69, 9.17) is 11.6 Å². The summed E-state index contributed by atoms with van der Waals surface area (Å²) in [7, 11) is 0. The molecule has 2 aromatic rings. The lowest BCUT2D eigenvalue weighted by molar-refractivity contribution is -0.144. The summed E-state index contributed by atoms with van der Waals surface area (Å²) in [6.45, 7) is 2.18. The van der Waals surface area contributed by atoms with E-state index in [1.165, 1.54) is 0 Å². The fraction of sp³-hybridized carbons (Fsp3) is 0.421. The number of piperidine rings is 1. The minimum atomic E-state index is -0.887. The number of carbonyl (C=O) groups excluding carboxylic acids is 1. The molecule has 0 aliphatic carbocycles. The minimum Gasteiger partial charge on any atom is -0.481 e. The zero-order chi connectivity index (χ0) is 19.0. The lowest BCUT2D eigenvalue weighted by Gasteiger charge is -2.41. The standard InChI is InChI=1S/C19H21ClN4O3/c20-14-3-1-12(2-4-14)17-13(10-21-23-17)11-24-7-5-19(6-8-24)15(18(26)27)9-16(25)22-19/h1-4,10,15H,5-9,11H2,(H,21,23)(H,22,25)(H,26,27). The number of aliphatic carboxylic acids is 1. The van der Waals surface area contributed by atoms with Gasteiger partial charge in [0.2, 0.25) is 5.91 Å². The molecule has 1 aromatic heterocycles. The average Bonchev–Trinajstić information content (AvgIpc) is 3.22. The Morgan fingerprint density at radius 2 is 2.00 bits per heavy atom. The number of aromatic amines is 1. The number of amides is 1. The maximum Gasteiger partial charge on any atom is 0.309 e. The number of benzene rings is 1. The molecule has 8 heteroatoms. The van der Waals surface area contributed by atoms with Crippen molar-refractivity contribution in [2.45, 2.75) is 31.3 Å². The SMILES string of the molecule is O=C1CC(C(=O)O)C2(CCN(Cc3cn[nH]c3-c3ccc(Cl)cc3)CC2)N1. The van der Waals surface area contributed by atoms with Gasteiger partial charge < -0.3 is 10.4 Å². The number of aromatic nitrogens is 2. The van der Waals surface area contributed by atoms with Crippen LogP contribution in [0.3, 0.4) is 0 Å². The van der Waals surface area contributed by atoms with Gasteiger partial charge in [-0.15, -0.1) is 0 Å². The summed E-state index contributed by atoms with van der Waals surface area (Å²) in [5, 5.41) is 20.3. The van der Waals surface area contributed by atoms with Gasteiger partial charge in [0.05, 0.1) is 23.3 Å². The van der Waals surface area contributed by atoms with Crippen molar-refractivity contribution in [1.29, 1.82) is 0 Å². The van der Waals surface area contributed by atoms with Crippen molar-refractivity contribution >= 4 is 23.5 Å². The van der Waals surface area contributed by atoms with E-state index >= 15 is 0 Å². The molecule has 0 saturated carbocycles. The molecular weight excluding hydrogens is 368 g/mol. The quantitative estimate of drug-likeness (QED) is 0.746. The van der Waals surface area contributed by atoms with E-state index in [2.05, 4.69) is 20.4 Å². The van der Waals surface area contributed by atoms with Crippen molar-refractivity contribution in [1.82, 2.24) is 20.4 Å². The van der Waals surface area contributed by atoms with Crippen LogP contribution in [0.1, 0.15) is 24.8 Å². The summed E-state index contributed by atoms with van der Waals surface area (Å²) in [6.07, 6.45) is 3.19. The summed E-state index contributed by atoms with van der Waals surface area (Å²) < 4.78 is 0. The number of nitrogens with zero attached hydrogens (tertiary/aromatic N) is 2. The Labute approximate surface area is 161 Å². The number of H-pyrrole nitrogens is 1. The van der Waals surface area contributed by atoms with Crippen LogP contribution < -0.4 is 5.32 Å². The van der Waals surface area contributed by atoms with Crippen molar-refractivity contribution < 1.29 is 14.7 Å². The molecule has 1 aromatic carbocycles. The first-order valence-electron chi connectivity index (χ1n) is 9.01. The van der Waals surface area contributed by atoms with Gasteiger partial charge in [-0.3, -0.25) is 19.6 Å². The molecule has 1 spiro atoms. The van der Waals surface area contributed by atoms with E-state index in [9.17, 15) is 14.7 Å². The van der Waals surface area contributed by atoms with Gasteiger partial charge in [-0.2, -0.15) is 5.10 Å². The first kappa shape index (κ1) is 18.0. The van der Waals surface area contributed by atoms with Crippen molar-refractivity contribution in [3.05, 3.63) is 41.0 Å². The molecule has 3 heterocycles. The number of carbonyl (C=O) groups is 2. The normalized spacial score (nSPS) is 22.1. The number of rotatable bonds is 4. The van der Waals surface area contributed by atoms with Crippen LogP contribution in [0.25, 0.3) is 11.3 Å². The molecule has 2 aliphatic rings. The van der Waals surface area contributed by atoms with E-state index in [0.717, 1.165) is 36.5 Å².